The van der Waals surface area contributed by atoms with Gasteiger partial charge in [-0.2, -0.15) is 0 Å². The largest absolute Gasteiger partial charge is 0.472 e. The monoisotopic (exact) mass is 996 g/mol. The molecule has 70 heavy (non-hydrogen) atoms. The Kier molecular flexibility index (Phi) is 49.0. The summed E-state index contributed by atoms with van der Waals surface area (Å²) >= 11 is 0. The fraction of sp³-hybridized carbons (Fsp3) is 0.689. The number of hydrogen-bond acceptors (Lipinski definition) is 5. The standard InChI is InChI=1S/C61H107N2O6P/c1-6-8-10-12-14-16-18-20-22-24-26-28-30-31-33-35-37-39-41-43-45-47-49-51-53-55-61(65)62-59(58-69-70(66,67)68-57-56-63(3,4)5)60(64)54-52-50-48-46-44-42-40-38-36-34-32-29-27-25-23-21-19-17-15-13-11-9-7-2/h8,10,14,16,20,22,26,28,31,33,37,39,43-46,52,54,59-60,64H,6-7,9,11-13,15,17-19,21,23-25,27,29-30,32,34-36,38,40-42,47-51,53,55-58H2,1-5H3,(H-,62,65,66,67)/p+1/b10-8-,16-14-,22-20-,28-26-,33-31-,39-37-,45-43-,46-44+,54-52+. The van der Waals surface area contributed by atoms with Crippen LogP contribution in [0.2, 0.25) is 0 Å². The van der Waals surface area contributed by atoms with Gasteiger partial charge in [0.25, 0.3) is 0 Å². The molecule has 8 nitrogen and oxygen atoms in total. The topological polar surface area (TPSA) is 105 Å². The predicted octanol–water partition coefficient (Wildman–Crippen LogP) is 17.2. The molecule has 0 radical (unpaired) electrons. The second kappa shape index (κ2) is 51.1. The van der Waals surface area contributed by atoms with Gasteiger partial charge in [-0.15, -0.1) is 0 Å². The molecule has 0 aromatic carbocycles. The molecular weight excluding hydrogens is 888 g/mol. The minimum atomic E-state index is -4.37. The number of nitrogens with one attached hydrogen (secondary N) is 1. The van der Waals surface area contributed by atoms with Crippen LogP contribution in [0.1, 0.15) is 219 Å². The van der Waals surface area contributed by atoms with E-state index in [1.165, 1.54) is 109 Å². The van der Waals surface area contributed by atoms with Crippen molar-refractivity contribution in [3.05, 3.63) is 109 Å². The number of rotatable bonds is 50. The average Bonchev–Trinajstić information content (AvgIpc) is 3.32. The number of carbonyl (C=O) groups is 1. The second-order valence-electron chi connectivity index (χ2n) is 19.9. The van der Waals surface area contributed by atoms with Crippen LogP contribution in [0.5, 0.6) is 0 Å². The molecule has 3 N–H and O–H groups in total. The lowest BCUT2D eigenvalue weighted by atomic mass is 10.0. The Labute approximate surface area is 431 Å². The summed E-state index contributed by atoms with van der Waals surface area (Å²) < 4.78 is 23.7. The fourth-order valence-electron chi connectivity index (χ4n) is 7.57. The van der Waals surface area contributed by atoms with Gasteiger partial charge in [0.05, 0.1) is 39.9 Å². The zero-order chi connectivity index (χ0) is 51.3. The molecule has 1 amide bonds. The van der Waals surface area contributed by atoms with Crippen molar-refractivity contribution in [1.82, 2.24) is 5.32 Å². The molecule has 0 aromatic heterocycles. The normalized spacial score (nSPS) is 14.8. The number of likely N-dealkylation sites (N-methyl/N-ethyl adjacent to an activating group) is 1. The van der Waals surface area contributed by atoms with E-state index in [0.29, 0.717) is 23.9 Å². The van der Waals surface area contributed by atoms with Gasteiger partial charge in [0.1, 0.15) is 13.2 Å². The predicted molar refractivity (Wildman–Crippen MR) is 304 cm³/mol. The number of hydrogen-bond donors (Lipinski definition) is 3. The Morgan fingerprint density at radius 2 is 0.871 bits per heavy atom. The molecule has 3 atom stereocenters. The van der Waals surface area contributed by atoms with Crippen molar-refractivity contribution < 1.29 is 32.9 Å². The van der Waals surface area contributed by atoms with Crippen molar-refractivity contribution >= 4 is 13.7 Å². The summed E-state index contributed by atoms with van der Waals surface area (Å²) in [5.41, 5.74) is 0. The molecule has 0 aliphatic rings. The molecule has 402 valence electrons. The number of nitrogens with zero attached hydrogens (tertiary/aromatic N) is 1. The van der Waals surface area contributed by atoms with Crippen LogP contribution in [-0.4, -0.2) is 73.4 Å². The van der Waals surface area contributed by atoms with E-state index in [1.807, 2.05) is 27.2 Å². The van der Waals surface area contributed by atoms with E-state index in [0.717, 1.165) is 83.5 Å². The Balaban J connectivity index is 4.40. The first-order valence-corrected chi connectivity index (χ1v) is 29.8. The molecule has 0 aliphatic carbocycles. The summed E-state index contributed by atoms with van der Waals surface area (Å²) in [6.07, 6.45) is 74.8. The second-order valence-corrected chi connectivity index (χ2v) is 21.4. The van der Waals surface area contributed by atoms with Gasteiger partial charge in [-0.25, -0.2) is 4.57 Å². The molecule has 9 heteroatoms. The number of carbonyl (C=O) groups excluding carboxylic acids is 1. The maximum atomic E-state index is 13.0. The third-order valence-corrected chi connectivity index (χ3v) is 13.0. The Morgan fingerprint density at radius 1 is 0.500 bits per heavy atom. The van der Waals surface area contributed by atoms with Crippen molar-refractivity contribution in [2.45, 2.75) is 231 Å². The van der Waals surface area contributed by atoms with Gasteiger partial charge in [-0.05, 0) is 89.9 Å². The van der Waals surface area contributed by atoms with E-state index >= 15 is 0 Å². The van der Waals surface area contributed by atoms with Crippen molar-refractivity contribution in [2.24, 2.45) is 0 Å². The highest BCUT2D eigenvalue weighted by molar-refractivity contribution is 7.47. The maximum absolute atomic E-state index is 13.0. The SMILES string of the molecule is CC/C=C\C/C=C\C/C=C\C/C=C\C/C=C\C/C=C\C/C=C\CCCCCC(=O)NC(COP(=O)(O)OCC[N+](C)(C)C)C(O)/C=C/CC/C=C/CCCCCCCCCCCCCCCCCCC. The lowest BCUT2D eigenvalue weighted by Gasteiger charge is -2.25. The molecule has 0 saturated heterocycles. The van der Waals surface area contributed by atoms with Crippen molar-refractivity contribution in [3.63, 3.8) is 0 Å². The fourth-order valence-corrected chi connectivity index (χ4v) is 8.30. The van der Waals surface area contributed by atoms with Gasteiger partial charge in [-0.3, -0.25) is 13.8 Å². The lowest BCUT2D eigenvalue weighted by Crippen LogP contribution is -2.45. The van der Waals surface area contributed by atoms with Crippen LogP contribution in [-0.2, 0) is 18.4 Å². The van der Waals surface area contributed by atoms with Crippen LogP contribution in [0.3, 0.4) is 0 Å². The molecule has 0 rings (SSSR count). The molecule has 0 saturated carbocycles. The number of allylic oxidation sites excluding steroid dienone is 17. The highest BCUT2D eigenvalue weighted by atomic mass is 31.2. The van der Waals surface area contributed by atoms with Gasteiger partial charge < -0.3 is 19.8 Å². The first kappa shape index (κ1) is 67.2. The summed E-state index contributed by atoms with van der Waals surface area (Å²) in [5, 5.41) is 13.9. The van der Waals surface area contributed by atoms with Gasteiger partial charge in [0.2, 0.25) is 5.91 Å². The van der Waals surface area contributed by atoms with Crippen LogP contribution >= 0.6 is 7.82 Å². The average molecular weight is 997 g/mol. The number of unbranched alkanes of at least 4 members (excludes halogenated alkanes) is 21. The van der Waals surface area contributed by atoms with Crippen molar-refractivity contribution in [2.75, 3.05) is 40.9 Å². The number of amides is 1. The molecule has 0 heterocycles. The van der Waals surface area contributed by atoms with E-state index in [4.69, 9.17) is 9.05 Å². The minimum absolute atomic E-state index is 0.0431. The Bertz CT molecular complexity index is 1500. The summed E-state index contributed by atoms with van der Waals surface area (Å²) in [4.78, 5) is 23.3. The van der Waals surface area contributed by atoms with Crippen LogP contribution in [0.15, 0.2) is 109 Å². The van der Waals surface area contributed by atoms with Gasteiger partial charge >= 0.3 is 7.82 Å². The van der Waals surface area contributed by atoms with E-state index in [-0.39, 0.29) is 19.1 Å². The van der Waals surface area contributed by atoms with E-state index in [2.05, 4.69) is 116 Å². The first-order chi connectivity index (χ1) is 34.0. The quantitative estimate of drug-likeness (QED) is 0.0243. The molecule has 3 unspecified atom stereocenters. The molecule has 0 aromatic rings. The minimum Gasteiger partial charge on any atom is -0.387 e. The zero-order valence-electron chi connectivity index (χ0n) is 45.7. The molecule has 0 bridgehead atoms. The summed E-state index contributed by atoms with van der Waals surface area (Å²) in [6.45, 7) is 4.65. The van der Waals surface area contributed by atoms with Crippen molar-refractivity contribution in [3.8, 4) is 0 Å². The number of phosphoric acid groups is 1. The summed E-state index contributed by atoms with van der Waals surface area (Å²) in [6, 6.07) is -0.890. The third-order valence-electron chi connectivity index (χ3n) is 12.0. The number of quaternary nitrogens is 1. The molecule has 0 spiro atoms. The maximum Gasteiger partial charge on any atom is 0.472 e. The Hall–Kier alpha value is -2.84. The van der Waals surface area contributed by atoms with Crippen molar-refractivity contribution in [1.29, 1.82) is 0 Å². The van der Waals surface area contributed by atoms with E-state index in [1.54, 1.807) is 6.08 Å². The van der Waals surface area contributed by atoms with E-state index in [9.17, 15) is 19.4 Å². The van der Waals surface area contributed by atoms with Gasteiger partial charge in [0.15, 0.2) is 0 Å². The number of aliphatic hydroxyl groups excluding tert-OH is 1. The first-order valence-electron chi connectivity index (χ1n) is 28.3. The number of phosphoric ester groups is 1. The molecule has 0 fully saturated rings. The summed E-state index contributed by atoms with van der Waals surface area (Å²) in [7, 11) is 1.52. The number of aliphatic hydroxyl groups is 1. The van der Waals surface area contributed by atoms with Crippen LogP contribution in [0, 0.1) is 0 Å². The van der Waals surface area contributed by atoms with E-state index < -0.39 is 20.0 Å². The highest BCUT2D eigenvalue weighted by Crippen LogP contribution is 2.43. The molecular formula is C61H108N2O6P+. The molecule has 0 aliphatic heterocycles. The van der Waals surface area contributed by atoms with Gasteiger partial charge in [0, 0.05) is 6.42 Å². The van der Waals surface area contributed by atoms with Crippen LogP contribution in [0.4, 0.5) is 0 Å². The Morgan fingerprint density at radius 3 is 1.31 bits per heavy atom. The van der Waals surface area contributed by atoms with Crippen LogP contribution < -0.4 is 5.32 Å². The zero-order valence-corrected chi connectivity index (χ0v) is 46.6. The lowest BCUT2D eigenvalue weighted by molar-refractivity contribution is -0.870. The highest BCUT2D eigenvalue weighted by Gasteiger charge is 2.27. The van der Waals surface area contributed by atoms with Crippen LogP contribution in [0.25, 0.3) is 0 Å². The van der Waals surface area contributed by atoms with Gasteiger partial charge in [-0.1, -0.05) is 232 Å². The smallest absolute Gasteiger partial charge is 0.387 e. The summed E-state index contributed by atoms with van der Waals surface area (Å²) in [5.74, 6) is -0.222. The third kappa shape index (κ3) is 53.0.